The molecule has 0 fully saturated rings. The quantitative estimate of drug-likeness (QED) is 0.829. The number of halogens is 2. The Balaban J connectivity index is 2.18. The summed E-state index contributed by atoms with van der Waals surface area (Å²) in [6.45, 7) is 1.94. The van der Waals surface area contributed by atoms with Crippen molar-refractivity contribution in [3.63, 3.8) is 0 Å². The van der Waals surface area contributed by atoms with Crippen molar-refractivity contribution < 1.29 is 14.3 Å². The molecule has 0 spiro atoms. The van der Waals surface area contributed by atoms with Crippen LogP contribution < -0.4 is 10.6 Å². The van der Waals surface area contributed by atoms with E-state index in [2.05, 4.69) is 10.6 Å². The molecule has 0 saturated carbocycles. The zero-order chi connectivity index (χ0) is 16.8. The molecule has 2 aromatic rings. The van der Waals surface area contributed by atoms with Crippen LogP contribution in [0.2, 0.25) is 10.0 Å². The average Bonchev–Trinajstić information content (AvgIpc) is 2.51. The molecule has 2 rings (SSSR count). The molecule has 0 aliphatic rings. The second kappa shape index (κ2) is 7.85. The summed E-state index contributed by atoms with van der Waals surface area (Å²) < 4.78 is 4.81. The lowest BCUT2D eigenvalue weighted by Crippen LogP contribution is -2.18. The molecule has 5 nitrogen and oxygen atoms in total. The molecule has 2 aromatic carbocycles. The number of anilines is 2. The molecule has 2 N–H and O–H groups in total. The van der Waals surface area contributed by atoms with Gasteiger partial charge < -0.3 is 10.1 Å². The number of carbonyl (C=O) groups excluding carboxylic acids is 2. The summed E-state index contributed by atoms with van der Waals surface area (Å²) >= 11 is 11.8. The van der Waals surface area contributed by atoms with Gasteiger partial charge in [0.25, 0.3) is 5.91 Å². The average molecular weight is 353 g/mol. The summed E-state index contributed by atoms with van der Waals surface area (Å²) in [4.78, 5) is 23.9. The Bertz CT molecular complexity index is 735. The predicted molar refractivity (Wildman–Crippen MR) is 91.5 cm³/mol. The molecule has 0 unspecified atom stereocenters. The van der Waals surface area contributed by atoms with Crippen molar-refractivity contribution in [3.05, 3.63) is 58.1 Å². The zero-order valence-corrected chi connectivity index (χ0v) is 13.7. The van der Waals surface area contributed by atoms with Crippen LogP contribution in [0.4, 0.5) is 16.2 Å². The Hall–Kier alpha value is -2.24. The van der Waals surface area contributed by atoms with E-state index in [-0.39, 0.29) is 6.61 Å². The molecule has 0 aliphatic heterocycles. The molecular weight excluding hydrogens is 339 g/mol. The number of ether oxygens (including phenoxy) is 1. The highest BCUT2D eigenvalue weighted by atomic mass is 35.5. The first-order valence-electron chi connectivity index (χ1n) is 6.80. The Labute approximate surface area is 143 Å². The fourth-order valence-electron chi connectivity index (χ4n) is 1.84. The van der Waals surface area contributed by atoms with Crippen molar-refractivity contribution in [2.45, 2.75) is 6.92 Å². The number of rotatable bonds is 4. The van der Waals surface area contributed by atoms with Crippen LogP contribution >= 0.6 is 23.2 Å². The maximum absolute atomic E-state index is 12.4. The molecule has 120 valence electrons. The van der Waals surface area contributed by atoms with Gasteiger partial charge in [-0.25, -0.2) is 4.79 Å². The van der Waals surface area contributed by atoms with Crippen LogP contribution in [-0.4, -0.2) is 18.6 Å². The number of amides is 2. The monoisotopic (exact) mass is 352 g/mol. The van der Waals surface area contributed by atoms with Crippen molar-refractivity contribution in [1.82, 2.24) is 0 Å². The molecule has 0 atom stereocenters. The van der Waals surface area contributed by atoms with Gasteiger partial charge in [0.15, 0.2) is 0 Å². The van der Waals surface area contributed by atoms with E-state index in [1.807, 2.05) is 0 Å². The van der Waals surface area contributed by atoms with Crippen LogP contribution in [0.3, 0.4) is 0 Å². The third-order valence-electron chi connectivity index (χ3n) is 2.86. The molecular formula is C16H14Cl2N2O3. The zero-order valence-electron chi connectivity index (χ0n) is 12.2. The van der Waals surface area contributed by atoms with Gasteiger partial charge in [-0.1, -0.05) is 35.3 Å². The minimum absolute atomic E-state index is 0.240. The molecule has 0 aromatic heterocycles. The van der Waals surface area contributed by atoms with Gasteiger partial charge in [0.2, 0.25) is 0 Å². The van der Waals surface area contributed by atoms with Crippen LogP contribution in [0, 0.1) is 0 Å². The van der Waals surface area contributed by atoms with E-state index < -0.39 is 12.0 Å². The van der Waals surface area contributed by atoms with Gasteiger partial charge in [0.05, 0.1) is 27.9 Å². The van der Waals surface area contributed by atoms with E-state index in [0.29, 0.717) is 27.0 Å². The van der Waals surface area contributed by atoms with Crippen molar-refractivity contribution >= 4 is 46.6 Å². The van der Waals surface area contributed by atoms with Gasteiger partial charge in [-0.15, -0.1) is 0 Å². The number of benzene rings is 2. The molecule has 0 saturated heterocycles. The van der Waals surface area contributed by atoms with Crippen LogP contribution in [0.1, 0.15) is 17.3 Å². The summed E-state index contributed by atoms with van der Waals surface area (Å²) in [6, 6.07) is 11.4. The molecule has 7 heteroatoms. The molecule has 0 radical (unpaired) electrons. The highest BCUT2D eigenvalue weighted by Crippen LogP contribution is 2.26. The largest absolute Gasteiger partial charge is 0.450 e. The van der Waals surface area contributed by atoms with Crippen LogP contribution in [-0.2, 0) is 4.74 Å². The highest BCUT2D eigenvalue weighted by molar-refractivity contribution is 6.42. The summed E-state index contributed by atoms with van der Waals surface area (Å²) in [6.07, 6.45) is -0.623. The Kier molecular flexibility index (Phi) is 5.84. The van der Waals surface area contributed by atoms with Gasteiger partial charge in [-0.3, -0.25) is 10.1 Å². The van der Waals surface area contributed by atoms with E-state index in [0.717, 1.165) is 0 Å². The van der Waals surface area contributed by atoms with Crippen molar-refractivity contribution in [3.8, 4) is 0 Å². The summed E-state index contributed by atoms with van der Waals surface area (Å²) in [5.41, 5.74) is 1.14. The van der Waals surface area contributed by atoms with Gasteiger partial charge in [0.1, 0.15) is 0 Å². The van der Waals surface area contributed by atoms with E-state index in [9.17, 15) is 9.59 Å². The lowest BCUT2D eigenvalue weighted by Gasteiger charge is -2.11. The minimum atomic E-state index is -0.623. The first-order chi connectivity index (χ1) is 11.0. The van der Waals surface area contributed by atoms with Gasteiger partial charge in [0, 0.05) is 5.69 Å². The Morgan fingerprint density at radius 1 is 1.04 bits per heavy atom. The maximum atomic E-state index is 12.4. The number of nitrogens with one attached hydrogen (secondary N) is 2. The van der Waals surface area contributed by atoms with E-state index >= 15 is 0 Å². The van der Waals surface area contributed by atoms with Gasteiger partial charge >= 0.3 is 6.09 Å². The second-order valence-corrected chi connectivity index (χ2v) is 5.29. The van der Waals surface area contributed by atoms with Gasteiger partial charge in [-0.2, -0.15) is 0 Å². The second-order valence-electron chi connectivity index (χ2n) is 4.47. The maximum Gasteiger partial charge on any atom is 0.411 e. The van der Waals surface area contributed by atoms with Crippen molar-refractivity contribution in [2.75, 3.05) is 17.2 Å². The number of para-hydroxylation sites is 1. The number of hydrogen-bond donors (Lipinski definition) is 2. The Morgan fingerprint density at radius 2 is 1.78 bits per heavy atom. The fraction of sp³-hybridized carbons (Fsp3) is 0.125. The van der Waals surface area contributed by atoms with E-state index in [1.54, 1.807) is 49.4 Å². The minimum Gasteiger partial charge on any atom is -0.450 e. The van der Waals surface area contributed by atoms with Gasteiger partial charge in [-0.05, 0) is 37.3 Å². The topological polar surface area (TPSA) is 67.4 Å². The van der Waals surface area contributed by atoms with E-state index in [1.165, 1.54) is 0 Å². The summed E-state index contributed by atoms with van der Waals surface area (Å²) in [5, 5.41) is 5.96. The highest BCUT2D eigenvalue weighted by Gasteiger charge is 2.14. The predicted octanol–water partition coefficient (Wildman–Crippen LogP) is 4.81. The SMILES string of the molecule is CCOC(=O)Nc1ccccc1C(=O)Nc1ccc(Cl)c(Cl)c1. The molecule has 0 heterocycles. The lowest BCUT2D eigenvalue weighted by atomic mass is 10.1. The van der Waals surface area contributed by atoms with Crippen molar-refractivity contribution in [2.24, 2.45) is 0 Å². The normalized spacial score (nSPS) is 10.0. The smallest absolute Gasteiger partial charge is 0.411 e. The summed E-state index contributed by atoms with van der Waals surface area (Å²) in [5.74, 6) is -0.393. The van der Waals surface area contributed by atoms with E-state index in [4.69, 9.17) is 27.9 Å². The summed E-state index contributed by atoms with van der Waals surface area (Å²) in [7, 11) is 0. The fourth-order valence-corrected chi connectivity index (χ4v) is 2.14. The number of hydrogen-bond acceptors (Lipinski definition) is 3. The van der Waals surface area contributed by atoms with Crippen LogP contribution in [0.15, 0.2) is 42.5 Å². The molecule has 23 heavy (non-hydrogen) atoms. The standard InChI is InChI=1S/C16H14Cl2N2O3/c1-2-23-16(22)20-14-6-4-3-5-11(14)15(21)19-10-7-8-12(17)13(18)9-10/h3-9H,2H2,1H3,(H,19,21)(H,20,22). The molecule has 2 amide bonds. The van der Waals surface area contributed by atoms with Crippen LogP contribution in [0.5, 0.6) is 0 Å². The third kappa shape index (κ3) is 4.61. The first kappa shape index (κ1) is 17.1. The van der Waals surface area contributed by atoms with Crippen molar-refractivity contribution in [1.29, 1.82) is 0 Å². The number of carbonyl (C=O) groups is 2. The molecule has 0 bridgehead atoms. The lowest BCUT2D eigenvalue weighted by molar-refractivity contribution is 0.102. The molecule has 0 aliphatic carbocycles. The first-order valence-corrected chi connectivity index (χ1v) is 7.56. The Morgan fingerprint density at radius 3 is 2.48 bits per heavy atom. The third-order valence-corrected chi connectivity index (χ3v) is 3.60. The van der Waals surface area contributed by atoms with Crippen LogP contribution in [0.25, 0.3) is 0 Å².